The molecule has 0 unspecified atom stereocenters. The molecule has 0 atom stereocenters. The van der Waals surface area contributed by atoms with Crippen molar-refractivity contribution in [1.29, 1.82) is 0 Å². The molecule has 2 spiro atoms. The number of likely N-dealkylation sites (tertiary alicyclic amines) is 2. The van der Waals surface area contributed by atoms with Gasteiger partial charge < -0.3 is 30.5 Å². The zero-order valence-electron chi connectivity index (χ0n) is 41.1. The predicted molar refractivity (Wildman–Crippen MR) is 272 cm³/mol. The molecule has 4 aliphatic heterocycles. The molecule has 12 rings (SSSR count). The molecule has 69 heavy (non-hydrogen) atoms. The van der Waals surface area contributed by atoms with E-state index in [-0.39, 0.29) is 17.3 Å². The van der Waals surface area contributed by atoms with Crippen LogP contribution in [0.15, 0.2) is 22.4 Å². The van der Waals surface area contributed by atoms with Crippen LogP contribution < -0.4 is 16.0 Å². The number of hydrogen-bond donors (Lipinski definition) is 4. The summed E-state index contributed by atoms with van der Waals surface area (Å²) in [6.45, 7) is 15.9. The molecule has 376 valence electrons. The number of aromatic amines is 1. The van der Waals surface area contributed by atoms with E-state index in [1.165, 1.54) is 98.9 Å². The number of halogens is 1. The molecular weight excluding hydrogens is 952 g/mol. The fraction of sp³-hybridized carbons (Fsp3) is 0.667. The van der Waals surface area contributed by atoms with Crippen LogP contribution in [-0.4, -0.2) is 142 Å². The van der Waals surface area contributed by atoms with Gasteiger partial charge in [-0.2, -0.15) is 14.3 Å². The first kappa shape index (κ1) is 49.1. The third-order valence-corrected chi connectivity index (χ3v) is 20.2. The first-order chi connectivity index (χ1) is 32.9. The zero-order chi connectivity index (χ0) is 48.3. The quantitative estimate of drug-likeness (QED) is 0.0733. The standard InChI is InChI=1S/C21H28N6O2S.C20H29ClN4O3SSi.C7H14N2/c1-26-9-8-21(11-26)12-27(13-21)30(28,29)20-23-19(24-25-20)22-18-16-6-2-4-14(16)10-15-5-3-7-17(15)18;1-30(2,3)11-10-28-13-25-19(23-20(24-25)29(21,26)27)22-18-16-8-4-6-14(16)12-15-7-5-9-17(15)18;1-9-3-2-7(6-9)4-8-5-7/h10H,2-9,11-13H2,1H3,(H2,22,23,24,25);12H,4-11,13H2,1-3H3,(H,22,23,24);8H,2-6H2,1H3. The molecule has 8 aliphatic rings. The SMILES string of the molecule is CN1CCC2(C1)CN(S(=O)(=O)c1nc(Nc3c4c(cc5c3CCC5)CCC4)n[nH]1)C2.CN1CCC2(CNC2)C1.C[Si](C)(C)CCOCn1nc(S(=O)(=O)Cl)nc1Nc1c2c(cc3c1CCC3)CCC2. The van der Waals surface area contributed by atoms with Gasteiger partial charge in [-0.1, -0.05) is 31.8 Å². The molecule has 4 saturated heterocycles. The molecule has 2 aromatic carbocycles. The summed E-state index contributed by atoms with van der Waals surface area (Å²) in [7, 11) is 0.950. The van der Waals surface area contributed by atoms with E-state index in [0.717, 1.165) is 101 Å². The van der Waals surface area contributed by atoms with Crippen LogP contribution in [0.3, 0.4) is 0 Å². The van der Waals surface area contributed by atoms with Crippen LogP contribution >= 0.6 is 10.7 Å². The number of benzene rings is 2. The van der Waals surface area contributed by atoms with Crippen molar-refractivity contribution in [3.8, 4) is 0 Å². The molecule has 4 aliphatic carbocycles. The van der Waals surface area contributed by atoms with E-state index in [2.05, 4.69) is 96.9 Å². The molecule has 4 N–H and O–H groups in total. The van der Waals surface area contributed by atoms with Crippen molar-refractivity contribution in [2.75, 3.05) is 83.7 Å². The zero-order valence-corrected chi connectivity index (χ0v) is 44.5. The number of aromatic nitrogens is 6. The van der Waals surface area contributed by atoms with Crippen molar-refractivity contribution < 1.29 is 21.6 Å². The minimum atomic E-state index is -4.03. The second-order valence-corrected chi connectivity index (χ2v) is 32.5. The number of aryl methyl sites for hydroxylation is 4. The van der Waals surface area contributed by atoms with Gasteiger partial charge in [0.1, 0.15) is 6.73 Å². The van der Waals surface area contributed by atoms with Gasteiger partial charge in [0, 0.05) is 86.8 Å². The Hall–Kier alpha value is -3.47. The van der Waals surface area contributed by atoms with E-state index in [4.69, 9.17) is 15.4 Å². The maximum Gasteiger partial charge on any atom is 0.298 e. The number of sulfonamides is 1. The topological polar surface area (TPSA) is 196 Å². The average Bonchev–Trinajstić information content (AvgIpc) is 4.12. The second-order valence-electron chi connectivity index (χ2n) is 22.5. The van der Waals surface area contributed by atoms with Gasteiger partial charge in [-0.05, 0) is 168 Å². The van der Waals surface area contributed by atoms with Gasteiger partial charge in [0.25, 0.3) is 29.4 Å². The minimum absolute atomic E-state index is 0.0598. The third-order valence-electron chi connectivity index (χ3n) is 15.8. The number of ether oxygens (including phenoxy) is 1. The van der Waals surface area contributed by atoms with Gasteiger partial charge in [0.15, 0.2) is 0 Å². The Morgan fingerprint density at radius 2 is 1.25 bits per heavy atom. The normalized spacial score (nSPS) is 21.2. The predicted octanol–water partition coefficient (Wildman–Crippen LogP) is 6.00. The van der Waals surface area contributed by atoms with Gasteiger partial charge in [-0.15, -0.1) is 10.2 Å². The highest BCUT2D eigenvalue weighted by Crippen LogP contribution is 2.43. The Balaban J connectivity index is 0.000000135. The van der Waals surface area contributed by atoms with Crippen LogP contribution in [0, 0.1) is 10.8 Å². The lowest BCUT2D eigenvalue weighted by atomic mass is 9.81. The van der Waals surface area contributed by atoms with E-state index < -0.39 is 32.3 Å². The monoisotopic (exact) mass is 1020 g/mol. The van der Waals surface area contributed by atoms with Crippen LogP contribution in [0.1, 0.15) is 83.0 Å². The second kappa shape index (κ2) is 19.2. The third kappa shape index (κ3) is 10.4. The summed E-state index contributed by atoms with van der Waals surface area (Å²) < 4.78 is 58.6. The molecule has 2 aromatic heterocycles. The number of nitrogens with zero attached hydrogens (tertiary/aromatic N) is 8. The van der Waals surface area contributed by atoms with Crippen LogP contribution in [0.4, 0.5) is 23.3 Å². The molecule has 0 radical (unpaired) electrons. The van der Waals surface area contributed by atoms with Crippen LogP contribution in [0.25, 0.3) is 0 Å². The molecule has 17 nitrogen and oxygen atoms in total. The van der Waals surface area contributed by atoms with Gasteiger partial charge in [-0.25, -0.2) is 26.6 Å². The van der Waals surface area contributed by atoms with Gasteiger partial charge in [0.05, 0.1) is 0 Å². The van der Waals surface area contributed by atoms with Crippen molar-refractivity contribution in [2.24, 2.45) is 10.8 Å². The molecular formula is C48H71ClN12O5S2Si. The fourth-order valence-electron chi connectivity index (χ4n) is 12.0. The molecule has 4 aromatic rings. The smallest absolute Gasteiger partial charge is 0.298 e. The van der Waals surface area contributed by atoms with Crippen molar-refractivity contribution in [3.63, 3.8) is 0 Å². The van der Waals surface area contributed by atoms with E-state index in [1.54, 1.807) is 0 Å². The maximum atomic E-state index is 13.0. The molecule has 0 saturated carbocycles. The number of fused-ring (bicyclic) bond motifs is 4. The van der Waals surface area contributed by atoms with Crippen molar-refractivity contribution in [2.45, 2.75) is 133 Å². The Bertz CT molecular complexity index is 2740. The van der Waals surface area contributed by atoms with Crippen molar-refractivity contribution in [3.05, 3.63) is 56.6 Å². The first-order valence-electron chi connectivity index (χ1n) is 25.2. The highest BCUT2D eigenvalue weighted by Gasteiger charge is 2.52. The first-order valence-corrected chi connectivity index (χ1v) is 32.7. The van der Waals surface area contributed by atoms with Crippen molar-refractivity contribution >= 4 is 61.1 Å². The lowest BCUT2D eigenvalue weighted by Gasteiger charge is -2.46. The van der Waals surface area contributed by atoms with Gasteiger partial charge in [-0.3, -0.25) is 0 Å². The Morgan fingerprint density at radius 1 is 0.725 bits per heavy atom. The summed E-state index contributed by atoms with van der Waals surface area (Å²) >= 11 is 0. The number of rotatable bonds is 12. The summed E-state index contributed by atoms with van der Waals surface area (Å²) in [5.41, 5.74) is 14.0. The van der Waals surface area contributed by atoms with E-state index >= 15 is 0 Å². The van der Waals surface area contributed by atoms with Crippen molar-refractivity contribution in [1.82, 2.24) is 49.4 Å². The van der Waals surface area contributed by atoms with Crippen LogP contribution in [0.2, 0.25) is 25.7 Å². The maximum absolute atomic E-state index is 13.0. The molecule has 0 bridgehead atoms. The van der Waals surface area contributed by atoms with E-state index in [1.807, 2.05) is 0 Å². The Morgan fingerprint density at radius 3 is 1.70 bits per heavy atom. The van der Waals surface area contributed by atoms with E-state index in [0.29, 0.717) is 37.0 Å². The highest BCUT2D eigenvalue weighted by atomic mass is 35.7. The summed E-state index contributed by atoms with van der Waals surface area (Å²) in [6, 6.07) is 5.75. The molecule has 4 fully saturated rings. The number of H-pyrrole nitrogens is 1. The fourth-order valence-corrected chi connectivity index (χ4v) is 14.9. The number of hydrogen-bond acceptors (Lipinski definition) is 14. The summed E-state index contributed by atoms with van der Waals surface area (Å²) in [5.74, 6) is 0.704. The van der Waals surface area contributed by atoms with Crippen LogP contribution in [0.5, 0.6) is 0 Å². The minimum Gasteiger partial charge on any atom is -0.359 e. The van der Waals surface area contributed by atoms with E-state index in [9.17, 15) is 16.8 Å². The largest absolute Gasteiger partial charge is 0.359 e. The summed E-state index contributed by atoms with van der Waals surface area (Å²) in [4.78, 5) is 13.3. The lowest BCUT2D eigenvalue weighted by Crippen LogP contribution is -2.59. The molecule has 21 heteroatoms. The van der Waals surface area contributed by atoms with Crippen LogP contribution in [-0.2, 0) is 81.9 Å². The summed E-state index contributed by atoms with van der Waals surface area (Å²) in [6.07, 6.45) is 15.7. The molecule has 0 amide bonds. The van der Waals surface area contributed by atoms with Gasteiger partial charge in [0.2, 0.25) is 11.9 Å². The summed E-state index contributed by atoms with van der Waals surface area (Å²) in [5, 5.41) is 20.7. The Labute approximate surface area is 413 Å². The lowest BCUT2D eigenvalue weighted by molar-refractivity contribution is 0.0792. The highest BCUT2D eigenvalue weighted by molar-refractivity contribution is 8.13. The number of anilines is 4. The average molecular weight is 1020 g/mol. The molecule has 6 heterocycles. The van der Waals surface area contributed by atoms with Gasteiger partial charge >= 0.3 is 0 Å². The number of nitrogens with one attached hydrogen (secondary N) is 4. The Kier molecular flexibility index (Phi) is 13.7.